The molecule has 2 amide bonds. The predicted molar refractivity (Wildman–Crippen MR) is 116 cm³/mol. The Labute approximate surface area is 200 Å². The summed E-state index contributed by atoms with van der Waals surface area (Å²) in [5, 5.41) is 15.7. The highest BCUT2D eigenvalue weighted by atomic mass is 19.4. The van der Waals surface area contributed by atoms with E-state index >= 15 is 0 Å². The molecule has 3 aromatic rings. The van der Waals surface area contributed by atoms with E-state index in [0.717, 1.165) is 24.3 Å². The normalized spacial score (nSPS) is 15.8. The number of fused-ring (bicyclic) bond motifs is 1. The van der Waals surface area contributed by atoms with Gasteiger partial charge in [0.15, 0.2) is 0 Å². The second-order valence-corrected chi connectivity index (χ2v) is 7.87. The molecule has 186 valence electrons. The van der Waals surface area contributed by atoms with Gasteiger partial charge in [-0.15, -0.1) is 0 Å². The number of rotatable bonds is 5. The molecule has 0 unspecified atom stereocenters. The molecule has 1 atom stereocenters. The van der Waals surface area contributed by atoms with Gasteiger partial charge in [-0.1, -0.05) is 6.07 Å². The first kappa shape index (κ1) is 24.6. The van der Waals surface area contributed by atoms with Crippen LogP contribution in [-0.4, -0.2) is 39.9 Å². The van der Waals surface area contributed by atoms with Gasteiger partial charge in [0.2, 0.25) is 0 Å². The van der Waals surface area contributed by atoms with E-state index < -0.39 is 35.9 Å². The molecule has 8 nitrogen and oxygen atoms in total. The van der Waals surface area contributed by atoms with Crippen molar-refractivity contribution in [3.05, 3.63) is 71.5 Å². The molecule has 2 heterocycles. The number of aromatic nitrogens is 2. The van der Waals surface area contributed by atoms with E-state index in [2.05, 4.69) is 15.2 Å². The highest BCUT2D eigenvalue weighted by Crippen LogP contribution is 2.38. The lowest BCUT2D eigenvalue weighted by Crippen LogP contribution is -2.47. The Balaban J connectivity index is 1.58. The van der Waals surface area contributed by atoms with Gasteiger partial charge in [0.1, 0.15) is 11.4 Å². The van der Waals surface area contributed by atoms with Crippen LogP contribution < -0.4 is 15.0 Å². The SMILES string of the molecule is C[C@H]1Cn2ncc(C(=O)Nc3cccc(C#N)c3)c2C(=O)N1c1ccc(OC(F)(F)C(F)(F)F)cc1. The predicted octanol–water partition coefficient (Wildman–Crippen LogP) is 4.59. The van der Waals surface area contributed by atoms with Gasteiger partial charge in [-0.25, -0.2) is 0 Å². The third-order valence-corrected chi connectivity index (χ3v) is 5.32. The lowest BCUT2D eigenvalue weighted by molar-refractivity contribution is -0.360. The summed E-state index contributed by atoms with van der Waals surface area (Å²) in [5.41, 5.74) is 0.769. The number of nitriles is 1. The summed E-state index contributed by atoms with van der Waals surface area (Å²) < 4.78 is 68.7. The molecular weight excluding hydrogens is 489 g/mol. The Morgan fingerprint density at radius 2 is 1.86 bits per heavy atom. The largest absolute Gasteiger partial charge is 0.499 e. The highest BCUT2D eigenvalue weighted by molar-refractivity contribution is 6.15. The van der Waals surface area contributed by atoms with Crippen molar-refractivity contribution in [3.63, 3.8) is 0 Å². The zero-order valence-corrected chi connectivity index (χ0v) is 18.4. The lowest BCUT2D eigenvalue weighted by atomic mass is 10.1. The fourth-order valence-corrected chi connectivity index (χ4v) is 3.68. The third-order valence-electron chi connectivity index (χ3n) is 5.32. The lowest BCUT2D eigenvalue weighted by Gasteiger charge is -2.34. The van der Waals surface area contributed by atoms with Crippen molar-refractivity contribution in [1.29, 1.82) is 5.26 Å². The molecule has 0 bridgehead atoms. The number of alkyl halides is 5. The Hall–Kier alpha value is -4.47. The van der Waals surface area contributed by atoms with Gasteiger partial charge in [0.05, 0.1) is 36.0 Å². The second-order valence-electron chi connectivity index (χ2n) is 7.87. The maximum Gasteiger partial charge on any atom is 0.499 e. The van der Waals surface area contributed by atoms with Gasteiger partial charge in [0.25, 0.3) is 11.8 Å². The molecule has 0 radical (unpaired) electrons. The fraction of sp³-hybridized carbons (Fsp3) is 0.217. The van der Waals surface area contributed by atoms with Crippen LogP contribution in [0.1, 0.15) is 33.3 Å². The second kappa shape index (κ2) is 8.95. The molecule has 1 aliphatic heterocycles. The molecular formula is C23H16F5N5O3. The monoisotopic (exact) mass is 505 g/mol. The molecule has 0 aliphatic carbocycles. The number of benzene rings is 2. The smallest absolute Gasteiger partial charge is 0.426 e. The van der Waals surface area contributed by atoms with Crippen LogP contribution in [0, 0.1) is 11.3 Å². The van der Waals surface area contributed by atoms with Gasteiger partial charge >= 0.3 is 12.3 Å². The van der Waals surface area contributed by atoms with E-state index in [1.54, 1.807) is 25.1 Å². The number of amides is 2. The Morgan fingerprint density at radius 1 is 1.17 bits per heavy atom. The summed E-state index contributed by atoms with van der Waals surface area (Å²) in [7, 11) is 0. The van der Waals surface area contributed by atoms with Gasteiger partial charge < -0.3 is 15.0 Å². The van der Waals surface area contributed by atoms with Gasteiger partial charge in [0, 0.05) is 11.4 Å². The number of halogens is 5. The number of hydrogen-bond acceptors (Lipinski definition) is 5. The molecule has 0 spiro atoms. The van der Waals surface area contributed by atoms with Crippen molar-refractivity contribution in [3.8, 4) is 11.8 Å². The van der Waals surface area contributed by atoms with Crippen molar-refractivity contribution in [2.45, 2.75) is 31.8 Å². The van der Waals surface area contributed by atoms with Crippen molar-refractivity contribution >= 4 is 23.2 Å². The summed E-state index contributed by atoms with van der Waals surface area (Å²) in [6, 6.07) is 11.7. The molecule has 1 N–H and O–H groups in total. The molecule has 1 aliphatic rings. The minimum absolute atomic E-state index is 0.0361. The molecule has 0 fully saturated rings. The molecule has 4 rings (SSSR count). The minimum atomic E-state index is -5.89. The van der Waals surface area contributed by atoms with E-state index in [-0.39, 0.29) is 23.5 Å². The highest BCUT2D eigenvalue weighted by Gasteiger charge is 2.61. The van der Waals surface area contributed by atoms with Crippen molar-refractivity contribution in [2.75, 3.05) is 10.2 Å². The van der Waals surface area contributed by atoms with Crippen LogP contribution in [0.2, 0.25) is 0 Å². The first-order chi connectivity index (χ1) is 16.9. The molecule has 36 heavy (non-hydrogen) atoms. The number of carbonyl (C=O) groups is 2. The fourth-order valence-electron chi connectivity index (χ4n) is 3.68. The van der Waals surface area contributed by atoms with Gasteiger partial charge in [-0.2, -0.15) is 32.3 Å². The van der Waals surface area contributed by atoms with Crippen molar-refractivity contribution in [2.24, 2.45) is 0 Å². The third kappa shape index (κ3) is 4.57. The quantitative estimate of drug-likeness (QED) is 0.512. The number of hydrogen-bond donors (Lipinski definition) is 1. The van der Waals surface area contributed by atoms with Crippen molar-refractivity contribution in [1.82, 2.24) is 9.78 Å². The van der Waals surface area contributed by atoms with Crippen LogP contribution in [0.5, 0.6) is 5.75 Å². The van der Waals surface area contributed by atoms with Crippen molar-refractivity contribution < 1.29 is 36.3 Å². The van der Waals surface area contributed by atoms with Crippen LogP contribution in [0.15, 0.2) is 54.7 Å². The molecule has 2 aromatic carbocycles. The standard InChI is InChI=1S/C23H16F5N5O3/c1-13-12-32-19(18(11-30-32)20(34)31-15-4-2-3-14(9-15)10-29)21(35)33(13)16-5-7-17(8-6-16)36-23(27,28)22(24,25)26/h2-9,11,13H,12H2,1H3,(H,31,34)/t13-/m0/s1. The van der Waals surface area contributed by atoms with E-state index in [4.69, 9.17) is 5.26 Å². The first-order valence-electron chi connectivity index (χ1n) is 10.4. The number of ether oxygens (including phenoxy) is 1. The Kier molecular flexibility index (Phi) is 6.13. The van der Waals surface area contributed by atoms with E-state index in [1.807, 2.05) is 6.07 Å². The van der Waals surface area contributed by atoms with Gasteiger partial charge in [-0.3, -0.25) is 14.3 Å². The van der Waals surface area contributed by atoms with Crippen LogP contribution >= 0.6 is 0 Å². The Morgan fingerprint density at radius 3 is 2.50 bits per heavy atom. The summed E-state index contributed by atoms with van der Waals surface area (Å²) in [5.74, 6) is -2.02. The maximum absolute atomic E-state index is 13.4. The topological polar surface area (TPSA) is 100 Å². The van der Waals surface area contributed by atoms with Crippen LogP contribution in [0.25, 0.3) is 0 Å². The summed E-state index contributed by atoms with van der Waals surface area (Å²) in [6.07, 6.45) is -10.1. The maximum atomic E-state index is 13.4. The van der Waals surface area contributed by atoms with Crippen LogP contribution in [0.3, 0.4) is 0 Å². The van der Waals surface area contributed by atoms with Crippen LogP contribution in [0.4, 0.5) is 33.3 Å². The zero-order chi connectivity index (χ0) is 26.3. The van der Waals surface area contributed by atoms with Gasteiger partial charge in [-0.05, 0) is 49.4 Å². The van der Waals surface area contributed by atoms with E-state index in [1.165, 1.54) is 21.8 Å². The number of anilines is 2. The first-order valence-corrected chi connectivity index (χ1v) is 10.4. The molecule has 0 saturated heterocycles. The van der Waals surface area contributed by atoms with Crippen LogP contribution in [-0.2, 0) is 6.54 Å². The molecule has 1 aromatic heterocycles. The summed E-state index contributed by atoms with van der Waals surface area (Å²) in [4.78, 5) is 27.5. The van der Waals surface area contributed by atoms with E-state index in [0.29, 0.717) is 11.3 Å². The Bertz CT molecular complexity index is 1360. The number of nitrogens with zero attached hydrogens (tertiary/aromatic N) is 4. The summed E-state index contributed by atoms with van der Waals surface area (Å²) >= 11 is 0. The number of nitrogens with one attached hydrogen (secondary N) is 1. The average Bonchev–Trinajstić information content (AvgIpc) is 3.23. The average molecular weight is 505 g/mol. The molecule has 0 saturated carbocycles. The molecule has 13 heteroatoms. The van der Waals surface area contributed by atoms with E-state index in [9.17, 15) is 31.5 Å². The number of carbonyl (C=O) groups excluding carboxylic acids is 2. The minimum Gasteiger partial charge on any atom is -0.426 e. The zero-order valence-electron chi connectivity index (χ0n) is 18.4. The summed E-state index contributed by atoms with van der Waals surface area (Å²) in [6.45, 7) is 1.86.